The Morgan fingerprint density at radius 2 is 1.88 bits per heavy atom. The van der Waals surface area contributed by atoms with Crippen LogP contribution in [-0.2, 0) is 10.0 Å². The van der Waals surface area contributed by atoms with Crippen LogP contribution in [0, 0.1) is 17.6 Å². The quantitative estimate of drug-likeness (QED) is 0.824. The third-order valence-corrected chi connectivity index (χ3v) is 3.36. The molecule has 1 aromatic carbocycles. The Balaban J connectivity index is 2.32. The number of benzene rings is 1. The number of carbonyl (C=O) groups is 1. The third-order valence-electron chi connectivity index (χ3n) is 2.54. The number of nitrogens with zero attached hydrogens (tertiary/aromatic N) is 1. The van der Waals surface area contributed by atoms with Crippen LogP contribution < -0.4 is 9.46 Å². The fraction of sp³-hybridized carbons (Fsp3) is 0.0769. The summed E-state index contributed by atoms with van der Waals surface area (Å²) in [5.41, 5.74) is -0.833. The van der Waals surface area contributed by atoms with Crippen LogP contribution in [0.25, 0.3) is 0 Å². The molecular weight excluding hydrogens is 373 g/mol. The first kappa shape index (κ1) is 18.0. The predicted molar refractivity (Wildman–Crippen MR) is 77.9 cm³/mol. The molecule has 0 aliphatic heterocycles. The summed E-state index contributed by atoms with van der Waals surface area (Å²) in [5.74, 6) is -5.50. The number of amides is 1. The van der Waals surface area contributed by atoms with Crippen LogP contribution >= 0.6 is 11.6 Å². The highest BCUT2D eigenvalue weighted by atomic mass is 35.5. The molecule has 128 valence electrons. The largest absolute Gasteiger partial charge is 0.452 e. The maximum absolute atomic E-state index is 13.9. The van der Waals surface area contributed by atoms with Crippen molar-refractivity contribution in [3.63, 3.8) is 0 Å². The van der Waals surface area contributed by atoms with Crippen LogP contribution in [-0.4, -0.2) is 25.6 Å². The van der Waals surface area contributed by atoms with Crippen molar-refractivity contribution in [2.24, 2.45) is 0 Å². The van der Waals surface area contributed by atoms with Gasteiger partial charge in [-0.2, -0.15) is 4.39 Å². The topological polar surface area (TPSA) is 85.4 Å². The smallest absolute Gasteiger partial charge is 0.267 e. The lowest BCUT2D eigenvalue weighted by molar-refractivity contribution is 0.0977. The van der Waals surface area contributed by atoms with Crippen molar-refractivity contribution in [2.75, 3.05) is 6.26 Å². The highest BCUT2D eigenvalue weighted by Crippen LogP contribution is 2.28. The van der Waals surface area contributed by atoms with Gasteiger partial charge < -0.3 is 4.74 Å². The van der Waals surface area contributed by atoms with Gasteiger partial charge in [-0.3, -0.25) is 4.79 Å². The number of nitrogens with one attached hydrogen (secondary N) is 1. The van der Waals surface area contributed by atoms with E-state index in [9.17, 15) is 26.4 Å². The Labute approximate surface area is 139 Å². The molecule has 0 aliphatic rings. The molecule has 24 heavy (non-hydrogen) atoms. The van der Waals surface area contributed by atoms with Crippen molar-refractivity contribution < 1.29 is 31.1 Å². The first-order chi connectivity index (χ1) is 11.1. The van der Waals surface area contributed by atoms with Crippen molar-refractivity contribution in [1.82, 2.24) is 9.71 Å². The van der Waals surface area contributed by atoms with Crippen LogP contribution in [0.2, 0.25) is 5.02 Å². The highest BCUT2D eigenvalue weighted by molar-refractivity contribution is 7.89. The van der Waals surface area contributed by atoms with Gasteiger partial charge in [0.2, 0.25) is 16.0 Å². The van der Waals surface area contributed by atoms with Gasteiger partial charge in [-0.05, 0) is 6.07 Å². The molecule has 2 aromatic rings. The maximum Gasteiger partial charge on any atom is 0.267 e. The highest BCUT2D eigenvalue weighted by Gasteiger charge is 2.20. The number of sulfonamides is 1. The second kappa shape index (κ2) is 6.65. The second-order valence-corrected chi connectivity index (χ2v) is 6.67. The number of hydrogen-bond acceptors (Lipinski definition) is 5. The van der Waals surface area contributed by atoms with Gasteiger partial charge in [0.15, 0.2) is 11.6 Å². The molecule has 1 aromatic heterocycles. The normalized spacial score (nSPS) is 11.2. The van der Waals surface area contributed by atoms with Gasteiger partial charge in [0.1, 0.15) is 11.6 Å². The Morgan fingerprint density at radius 1 is 1.21 bits per heavy atom. The number of ether oxygens (including phenoxy) is 1. The molecule has 6 nitrogen and oxygen atoms in total. The zero-order valence-electron chi connectivity index (χ0n) is 11.8. The van der Waals surface area contributed by atoms with Crippen molar-refractivity contribution in [3.8, 4) is 11.5 Å². The molecule has 0 bridgehead atoms. The summed E-state index contributed by atoms with van der Waals surface area (Å²) >= 11 is 5.48. The van der Waals surface area contributed by atoms with Gasteiger partial charge in [0.05, 0.1) is 23.0 Å². The van der Waals surface area contributed by atoms with E-state index in [-0.39, 0.29) is 5.75 Å². The Morgan fingerprint density at radius 3 is 2.46 bits per heavy atom. The van der Waals surface area contributed by atoms with Crippen molar-refractivity contribution in [2.45, 2.75) is 0 Å². The molecule has 0 saturated carbocycles. The summed E-state index contributed by atoms with van der Waals surface area (Å²) in [4.78, 5) is 14.8. The fourth-order valence-electron chi connectivity index (χ4n) is 1.59. The van der Waals surface area contributed by atoms with E-state index in [4.69, 9.17) is 16.3 Å². The minimum Gasteiger partial charge on any atom is -0.452 e. The molecule has 0 atom stereocenters. The number of pyridine rings is 1. The molecule has 0 saturated heterocycles. The number of hydrogen-bond donors (Lipinski definition) is 1. The lowest BCUT2D eigenvalue weighted by atomic mass is 10.2. The average molecular weight is 381 g/mol. The molecule has 1 heterocycles. The number of rotatable bonds is 4. The van der Waals surface area contributed by atoms with Gasteiger partial charge >= 0.3 is 0 Å². The lowest BCUT2D eigenvalue weighted by Gasteiger charge is -2.09. The minimum atomic E-state index is -3.95. The van der Waals surface area contributed by atoms with E-state index in [1.165, 1.54) is 4.72 Å². The van der Waals surface area contributed by atoms with Crippen molar-refractivity contribution >= 4 is 27.5 Å². The first-order valence-electron chi connectivity index (χ1n) is 6.07. The molecule has 2 rings (SSSR count). The van der Waals surface area contributed by atoms with E-state index in [0.29, 0.717) is 18.4 Å². The van der Waals surface area contributed by atoms with Crippen molar-refractivity contribution in [1.29, 1.82) is 0 Å². The van der Waals surface area contributed by atoms with E-state index in [0.717, 1.165) is 12.3 Å². The van der Waals surface area contributed by atoms with Crippen LogP contribution in [0.3, 0.4) is 0 Å². The van der Waals surface area contributed by atoms with E-state index < -0.39 is 49.8 Å². The summed E-state index contributed by atoms with van der Waals surface area (Å²) < 4.78 is 69.2. The number of halogens is 4. The zero-order chi connectivity index (χ0) is 18.1. The molecule has 0 spiro atoms. The van der Waals surface area contributed by atoms with Crippen LogP contribution in [0.15, 0.2) is 24.4 Å². The monoisotopic (exact) mass is 380 g/mol. The number of carbonyl (C=O) groups excluding carboxylic acids is 1. The molecule has 1 amide bonds. The Kier molecular flexibility index (Phi) is 4.99. The van der Waals surface area contributed by atoms with E-state index >= 15 is 0 Å². The molecular formula is C13H8ClF3N2O4S. The minimum absolute atomic E-state index is 0.173. The Bertz CT molecular complexity index is 922. The molecule has 11 heteroatoms. The third kappa shape index (κ3) is 4.36. The number of aromatic nitrogens is 1. The molecule has 1 N–H and O–H groups in total. The lowest BCUT2D eigenvalue weighted by Crippen LogP contribution is -2.30. The Hall–Kier alpha value is -2.33. The van der Waals surface area contributed by atoms with Crippen molar-refractivity contribution in [3.05, 3.63) is 52.6 Å². The predicted octanol–water partition coefficient (Wildman–Crippen LogP) is 2.63. The standard InChI is InChI=1S/C13H8ClF3N2O4S/c1-24(21,22)19-13(20)7-3-10(16)11(4-9(7)15)23-6-2-8(14)12(17)18-5-6/h2-5H,1H3,(H,19,20). The van der Waals surface area contributed by atoms with Gasteiger partial charge in [-0.25, -0.2) is 26.9 Å². The average Bonchev–Trinajstić information content (AvgIpc) is 2.44. The summed E-state index contributed by atoms with van der Waals surface area (Å²) in [5, 5.41) is -0.391. The van der Waals surface area contributed by atoms with E-state index in [1.807, 2.05) is 0 Å². The summed E-state index contributed by atoms with van der Waals surface area (Å²) in [6.45, 7) is 0. The molecule has 0 unspecified atom stereocenters. The summed E-state index contributed by atoms with van der Waals surface area (Å²) in [6, 6.07) is 1.99. The van der Waals surface area contributed by atoms with E-state index in [2.05, 4.69) is 4.98 Å². The zero-order valence-corrected chi connectivity index (χ0v) is 13.4. The van der Waals surface area contributed by atoms with E-state index in [1.54, 1.807) is 0 Å². The fourth-order valence-corrected chi connectivity index (χ4v) is 2.19. The first-order valence-corrected chi connectivity index (χ1v) is 8.34. The van der Waals surface area contributed by atoms with Crippen LogP contribution in [0.5, 0.6) is 11.5 Å². The maximum atomic E-state index is 13.9. The van der Waals surface area contributed by atoms with Crippen LogP contribution in [0.1, 0.15) is 10.4 Å². The van der Waals surface area contributed by atoms with Gasteiger partial charge in [-0.1, -0.05) is 11.6 Å². The molecule has 0 fully saturated rings. The molecule has 0 aliphatic carbocycles. The van der Waals surface area contributed by atoms with Gasteiger partial charge in [0.25, 0.3) is 5.91 Å². The summed E-state index contributed by atoms with van der Waals surface area (Å²) in [7, 11) is -3.95. The second-order valence-electron chi connectivity index (χ2n) is 4.51. The summed E-state index contributed by atoms with van der Waals surface area (Å²) in [6.07, 6.45) is 1.57. The SMILES string of the molecule is CS(=O)(=O)NC(=O)c1cc(F)c(Oc2cnc(F)c(Cl)c2)cc1F. The van der Waals surface area contributed by atoms with Gasteiger partial charge in [0, 0.05) is 12.1 Å². The molecule has 0 radical (unpaired) electrons. The van der Waals surface area contributed by atoms with Gasteiger partial charge in [-0.15, -0.1) is 0 Å². The van der Waals surface area contributed by atoms with Crippen LogP contribution in [0.4, 0.5) is 13.2 Å².